The number of amides is 2. The zero-order valence-electron chi connectivity index (χ0n) is 21.6. The highest BCUT2D eigenvalue weighted by atomic mass is 19.1. The van der Waals surface area contributed by atoms with E-state index in [1.54, 1.807) is 32.4 Å². The molecule has 0 saturated carbocycles. The standard InChI is InChI=1S/C28H26F3N3O6/c1-36-9-11-38-26-15-19-24(16-27(26)39-12-10-37-2)32-8-7-25(19)40-18-4-6-23(21(31)14-18)34-28(35)33-22-5-3-17(29)13-20(22)30/h3-8,13-16H,9-12H2,1-2H3,(H2,33,34,35). The third kappa shape index (κ3) is 7.30. The minimum absolute atomic E-state index is 0.141. The molecule has 4 aromatic rings. The molecule has 210 valence electrons. The molecular weight excluding hydrogens is 531 g/mol. The van der Waals surface area contributed by atoms with Crippen LogP contribution in [0.4, 0.5) is 29.3 Å². The summed E-state index contributed by atoms with van der Waals surface area (Å²) in [7, 11) is 3.13. The summed E-state index contributed by atoms with van der Waals surface area (Å²) in [5, 5.41) is 5.06. The molecule has 0 atom stereocenters. The fourth-order valence-electron chi connectivity index (χ4n) is 3.57. The van der Waals surface area contributed by atoms with Gasteiger partial charge in [0.05, 0.1) is 30.1 Å². The minimum atomic E-state index is -0.968. The lowest BCUT2D eigenvalue weighted by atomic mass is 10.1. The summed E-state index contributed by atoms with van der Waals surface area (Å²) in [6, 6.07) is 10.6. The van der Waals surface area contributed by atoms with Crippen LogP contribution >= 0.6 is 0 Å². The van der Waals surface area contributed by atoms with Crippen molar-refractivity contribution in [2.75, 3.05) is 51.3 Å². The Kier molecular flexibility index (Phi) is 9.60. The van der Waals surface area contributed by atoms with Crippen molar-refractivity contribution in [2.45, 2.75) is 0 Å². The number of aromatic nitrogens is 1. The number of hydrogen-bond donors (Lipinski definition) is 2. The van der Waals surface area contributed by atoms with Gasteiger partial charge >= 0.3 is 6.03 Å². The Morgan fingerprint density at radius 1 is 0.750 bits per heavy atom. The number of urea groups is 1. The molecule has 3 aromatic carbocycles. The largest absolute Gasteiger partial charge is 0.487 e. The smallest absolute Gasteiger partial charge is 0.323 e. The quantitative estimate of drug-likeness (QED) is 0.202. The summed E-state index contributed by atoms with van der Waals surface area (Å²) in [6.07, 6.45) is 1.53. The van der Waals surface area contributed by atoms with Gasteiger partial charge in [-0.25, -0.2) is 18.0 Å². The van der Waals surface area contributed by atoms with Crippen molar-refractivity contribution in [3.63, 3.8) is 0 Å². The average Bonchev–Trinajstić information content (AvgIpc) is 2.92. The molecule has 40 heavy (non-hydrogen) atoms. The van der Waals surface area contributed by atoms with Gasteiger partial charge in [-0.1, -0.05) is 0 Å². The fraction of sp³-hybridized carbons (Fsp3) is 0.214. The van der Waals surface area contributed by atoms with Crippen molar-refractivity contribution in [3.8, 4) is 23.0 Å². The van der Waals surface area contributed by atoms with E-state index in [4.69, 9.17) is 23.7 Å². The molecule has 0 spiro atoms. The normalized spacial score (nSPS) is 10.8. The van der Waals surface area contributed by atoms with Crippen LogP contribution in [0, 0.1) is 17.5 Å². The van der Waals surface area contributed by atoms with E-state index in [2.05, 4.69) is 15.6 Å². The summed E-state index contributed by atoms with van der Waals surface area (Å²) in [5.74, 6) is -1.15. The molecule has 4 rings (SSSR count). The molecule has 0 bridgehead atoms. The number of carbonyl (C=O) groups is 1. The predicted molar refractivity (Wildman–Crippen MR) is 142 cm³/mol. The second-order valence-electron chi connectivity index (χ2n) is 8.25. The number of methoxy groups -OCH3 is 2. The first-order valence-corrected chi connectivity index (χ1v) is 12.0. The van der Waals surface area contributed by atoms with Crippen LogP contribution in [0.5, 0.6) is 23.0 Å². The van der Waals surface area contributed by atoms with Gasteiger partial charge in [0.2, 0.25) is 0 Å². The monoisotopic (exact) mass is 557 g/mol. The third-order valence-electron chi connectivity index (χ3n) is 5.45. The number of halogens is 3. The van der Waals surface area contributed by atoms with Crippen molar-refractivity contribution in [1.82, 2.24) is 4.98 Å². The van der Waals surface area contributed by atoms with E-state index in [9.17, 15) is 18.0 Å². The van der Waals surface area contributed by atoms with Gasteiger partial charge < -0.3 is 34.3 Å². The van der Waals surface area contributed by atoms with Crippen molar-refractivity contribution in [1.29, 1.82) is 0 Å². The van der Waals surface area contributed by atoms with Crippen LogP contribution in [0.25, 0.3) is 10.9 Å². The molecular formula is C28H26F3N3O6. The summed E-state index contributed by atoms with van der Waals surface area (Å²) >= 11 is 0. The molecule has 0 saturated heterocycles. The van der Waals surface area contributed by atoms with Crippen molar-refractivity contribution in [2.24, 2.45) is 0 Å². The van der Waals surface area contributed by atoms with Crippen molar-refractivity contribution in [3.05, 3.63) is 78.2 Å². The van der Waals surface area contributed by atoms with E-state index in [0.29, 0.717) is 54.0 Å². The number of rotatable bonds is 12. The van der Waals surface area contributed by atoms with E-state index in [1.165, 1.54) is 18.3 Å². The maximum Gasteiger partial charge on any atom is 0.323 e. The number of anilines is 2. The zero-order valence-corrected chi connectivity index (χ0v) is 21.6. The van der Waals surface area contributed by atoms with Crippen LogP contribution < -0.4 is 24.8 Å². The predicted octanol–water partition coefficient (Wildman–Crippen LogP) is 6.14. The Labute approximate surface area is 227 Å². The number of pyridine rings is 1. The van der Waals surface area contributed by atoms with Crippen LogP contribution in [-0.2, 0) is 9.47 Å². The molecule has 2 N–H and O–H groups in total. The van der Waals surface area contributed by atoms with Gasteiger partial charge in [-0.2, -0.15) is 0 Å². The maximum atomic E-state index is 14.8. The molecule has 0 aliphatic rings. The third-order valence-corrected chi connectivity index (χ3v) is 5.45. The highest BCUT2D eigenvalue weighted by Crippen LogP contribution is 2.37. The van der Waals surface area contributed by atoms with Crippen LogP contribution in [0.15, 0.2) is 60.8 Å². The van der Waals surface area contributed by atoms with Gasteiger partial charge in [0.1, 0.15) is 42.2 Å². The molecule has 0 aliphatic carbocycles. The molecule has 0 radical (unpaired) electrons. The summed E-state index contributed by atoms with van der Waals surface area (Å²) in [5.41, 5.74) is 0.104. The molecule has 0 fully saturated rings. The highest BCUT2D eigenvalue weighted by molar-refractivity contribution is 6.00. The summed E-state index contributed by atoms with van der Waals surface area (Å²) in [6.45, 7) is 1.32. The SMILES string of the molecule is COCCOc1cc2nccc(Oc3ccc(NC(=O)Nc4ccc(F)cc4F)c(F)c3)c2cc1OCCOC. The second-order valence-corrected chi connectivity index (χ2v) is 8.25. The Hall–Kier alpha value is -4.55. The Balaban J connectivity index is 1.52. The molecule has 12 heteroatoms. The van der Waals surface area contributed by atoms with Crippen molar-refractivity contribution >= 4 is 28.3 Å². The molecule has 9 nitrogen and oxygen atoms in total. The van der Waals surface area contributed by atoms with Crippen molar-refractivity contribution < 1.29 is 41.7 Å². The topological polar surface area (TPSA) is 100 Å². The number of nitrogens with one attached hydrogen (secondary N) is 2. The Morgan fingerprint density at radius 2 is 1.38 bits per heavy atom. The number of benzene rings is 3. The van der Waals surface area contributed by atoms with Crippen LogP contribution in [-0.4, -0.2) is 51.7 Å². The highest BCUT2D eigenvalue weighted by Gasteiger charge is 2.15. The first kappa shape index (κ1) is 28.5. The van der Waals surface area contributed by atoms with Gasteiger partial charge in [-0.05, 0) is 36.4 Å². The van der Waals surface area contributed by atoms with E-state index >= 15 is 0 Å². The number of nitrogens with zero attached hydrogens (tertiary/aromatic N) is 1. The van der Waals surface area contributed by atoms with Crippen LogP contribution in [0.2, 0.25) is 0 Å². The maximum absolute atomic E-state index is 14.8. The lowest BCUT2D eigenvalue weighted by Crippen LogP contribution is -2.20. The van der Waals surface area contributed by atoms with Gasteiger partial charge in [-0.15, -0.1) is 0 Å². The Morgan fingerprint density at radius 3 is 2.00 bits per heavy atom. The zero-order chi connectivity index (χ0) is 28.5. The van der Waals surface area contributed by atoms with E-state index in [1.807, 2.05) is 0 Å². The molecule has 0 aliphatic heterocycles. The van der Waals surface area contributed by atoms with E-state index in [-0.39, 0.29) is 23.7 Å². The molecule has 1 heterocycles. The van der Waals surface area contributed by atoms with E-state index < -0.39 is 23.5 Å². The lowest BCUT2D eigenvalue weighted by molar-refractivity contribution is 0.132. The van der Waals surface area contributed by atoms with Gasteiger partial charge in [0.15, 0.2) is 11.5 Å². The first-order chi connectivity index (χ1) is 19.4. The average molecular weight is 558 g/mol. The van der Waals surface area contributed by atoms with Crippen LogP contribution in [0.1, 0.15) is 0 Å². The van der Waals surface area contributed by atoms with Gasteiger partial charge in [-0.3, -0.25) is 4.98 Å². The molecule has 1 aromatic heterocycles. The first-order valence-electron chi connectivity index (χ1n) is 12.0. The minimum Gasteiger partial charge on any atom is -0.487 e. The van der Waals surface area contributed by atoms with Gasteiger partial charge in [0.25, 0.3) is 0 Å². The van der Waals surface area contributed by atoms with Gasteiger partial charge in [0, 0.05) is 44.0 Å². The molecule has 2 amide bonds. The number of carbonyl (C=O) groups excluding carboxylic acids is 1. The van der Waals surface area contributed by atoms with E-state index in [0.717, 1.165) is 18.2 Å². The fourth-order valence-corrected chi connectivity index (χ4v) is 3.57. The second kappa shape index (κ2) is 13.5. The number of ether oxygens (including phenoxy) is 5. The van der Waals surface area contributed by atoms with Crippen LogP contribution in [0.3, 0.4) is 0 Å². The lowest BCUT2D eigenvalue weighted by Gasteiger charge is -2.15. The summed E-state index contributed by atoms with van der Waals surface area (Å²) in [4.78, 5) is 16.6. The Bertz CT molecular complexity index is 1490. The summed E-state index contributed by atoms with van der Waals surface area (Å²) < 4.78 is 69.3. The molecule has 0 unspecified atom stereocenters. The number of hydrogen-bond acceptors (Lipinski definition) is 7. The number of fused-ring (bicyclic) bond motifs is 1.